The zero-order valence-electron chi connectivity index (χ0n) is 18.5. The smallest absolute Gasteiger partial charge is 0.416 e. The summed E-state index contributed by atoms with van der Waals surface area (Å²) in [6.45, 7) is 0.547. The topological polar surface area (TPSA) is 77.8 Å². The van der Waals surface area contributed by atoms with Gasteiger partial charge in [0, 0.05) is 23.6 Å². The van der Waals surface area contributed by atoms with E-state index in [2.05, 4.69) is 25.6 Å². The van der Waals surface area contributed by atoms with Crippen LogP contribution in [0.5, 0.6) is 5.75 Å². The van der Waals surface area contributed by atoms with Crippen LogP contribution in [0.3, 0.4) is 0 Å². The number of alkyl halides is 3. The van der Waals surface area contributed by atoms with Crippen molar-refractivity contribution in [1.82, 2.24) is 25.0 Å². The van der Waals surface area contributed by atoms with E-state index in [1.54, 1.807) is 18.0 Å². The van der Waals surface area contributed by atoms with Gasteiger partial charge < -0.3 is 10.1 Å². The lowest BCUT2D eigenvalue weighted by Gasteiger charge is -2.12. The third-order valence-corrected chi connectivity index (χ3v) is 5.45. The van der Waals surface area contributed by atoms with E-state index in [1.165, 1.54) is 18.3 Å². The lowest BCUT2D eigenvalue weighted by atomic mass is 10.1. The summed E-state index contributed by atoms with van der Waals surface area (Å²) < 4.78 is 45.6. The molecular weight excluding hydrogens is 457 g/mol. The Balaban J connectivity index is 1.41. The number of aromatic nitrogens is 5. The predicted octanol–water partition coefficient (Wildman–Crippen LogP) is 5.71. The first kappa shape index (κ1) is 22.3. The van der Waals surface area contributed by atoms with Gasteiger partial charge in [-0.1, -0.05) is 23.4 Å². The van der Waals surface area contributed by atoms with Crippen molar-refractivity contribution in [2.75, 3.05) is 12.4 Å². The van der Waals surface area contributed by atoms with Crippen molar-refractivity contribution >= 4 is 22.5 Å². The summed E-state index contributed by atoms with van der Waals surface area (Å²) in [5.41, 5.74) is 3.62. The van der Waals surface area contributed by atoms with Gasteiger partial charge in [0.05, 0.1) is 24.7 Å². The monoisotopic (exact) mass is 476 g/mol. The molecule has 0 radical (unpaired) electrons. The summed E-state index contributed by atoms with van der Waals surface area (Å²) >= 11 is 0. The molecule has 0 saturated heterocycles. The summed E-state index contributed by atoms with van der Waals surface area (Å²) in [7, 11) is 1.62. The van der Waals surface area contributed by atoms with Crippen LogP contribution in [0.15, 0.2) is 79.1 Å². The second-order valence-electron chi connectivity index (χ2n) is 7.75. The number of anilines is 2. The van der Waals surface area contributed by atoms with Crippen molar-refractivity contribution in [3.8, 4) is 17.0 Å². The molecule has 0 aliphatic carbocycles. The number of fused-ring (bicyclic) bond motifs is 1. The molecule has 0 bridgehead atoms. The standard InChI is InChI=1S/C25H19F3N6O/c1-35-20-9-2-16(3-10-20)15-34-22-11-4-17(14-21(22)32-33-34)23-24(30-13-12-29-23)31-19-7-5-18(6-8-19)25(26,27)28/h2-14H,15H2,1H3,(H,30,31). The highest BCUT2D eigenvalue weighted by atomic mass is 19.4. The first-order chi connectivity index (χ1) is 16.9. The third-order valence-electron chi connectivity index (χ3n) is 5.45. The number of hydrogen-bond donors (Lipinski definition) is 1. The van der Waals surface area contributed by atoms with Crippen LogP contribution in [0.1, 0.15) is 11.1 Å². The van der Waals surface area contributed by atoms with Crippen LogP contribution in [-0.4, -0.2) is 32.1 Å². The van der Waals surface area contributed by atoms with Gasteiger partial charge in [0.1, 0.15) is 17.0 Å². The highest BCUT2D eigenvalue weighted by Crippen LogP contribution is 2.32. The van der Waals surface area contributed by atoms with Crippen molar-refractivity contribution in [2.24, 2.45) is 0 Å². The van der Waals surface area contributed by atoms with Crippen molar-refractivity contribution in [3.05, 3.63) is 90.3 Å². The Hall–Kier alpha value is -4.47. The van der Waals surface area contributed by atoms with Gasteiger partial charge in [-0.25, -0.2) is 9.67 Å². The Bertz CT molecular complexity index is 1460. The molecule has 5 aromatic rings. The van der Waals surface area contributed by atoms with Gasteiger partial charge in [-0.2, -0.15) is 13.2 Å². The zero-order chi connectivity index (χ0) is 24.4. The molecule has 0 spiro atoms. The number of hydrogen-bond acceptors (Lipinski definition) is 6. The second kappa shape index (κ2) is 9.05. The molecule has 0 aliphatic rings. The van der Waals surface area contributed by atoms with E-state index in [-0.39, 0.29) is 0 Å². The van der Waals surface area contributed by atoms with Gasteiger partial charge in [0.15, 0.2) is 5.82 Å². The SMILES string of the molecule is COc1ccc(Cn2nnc3cc(-c4nccnc4Nc4ccc(C(F)(F)F)cc4)ccc32)cc1. The summed E-state index contributed by atoms with van der Waals surface area (Å²) in [6, 6.07) is 18.1. The molecule has 5 rings (SSSR count). The van der Waals surface area contributed by atoms with Gasteiger partial charge in [-0.05, 0) is 54.1 Å². The minimum Gasteiger partial charge on any atom is -0.497 e. The molecule has 35 heavy (non-hydrogen) atoms. The van der Waals surface area contributed by atoms with E-state index < -0.39 is 11.7 Å². The third kappa shape index (κ3) is 4.77. The Kier molecular flexibility index (Phi) is 5.77. The van der Waals surface area contributed by atoms with E-state index in [1.807, 2.05) is 42.5 Å². The van der Waals surface area contributed by atoms with Crippen molar-refractivity contribution in [1.29, 1.82) is 0 Å². The number of nitrogens with zero attached hydrogens (tertiary/aromatic N) is 5. The summed E-state index contributed by atoms with van der Waals surface area (Å²) in [4.78, 5) is 8.76. The molecule has 2 heterocycles. The van der Waals surface area contributed by atoms with Gasteiger partial charge in [-0.3, -0.25) is 4.98 Å². The van der Waals surface area contributed by atoms with Gasteiger partial charge in [0.2, 0.25) is 0 Å². The van der Waals surface area contributed by atoms with Gasteiger partial charge in [0.25, 0.3) is 0 Å². The molecule has 3 aromatic carbocycles. The Morgan fingerprint density at radius 1 is 0.914 bits per heavy atom. The first-order valence-electron chi connectivity index (χ1n) is 10.6. The van der Waals surface area contributed by atoms with Crippen LogP contribution in [0, 0.1) is 0 Å². The Labute approximate surface area is 198 Å². The molecule has 0 atom stereocenters. The first-order valence-corrected chi connectivity index (χ1v) is 10.6. The Morgan fingerprint density at radius 3 is 2.37 bits per heavy atom. The molecule has 176 valence electrons. The fourth-order valence-corrected chi connectivity index (χ4v) is 3.66. The van der Waals surface area contributed by atoms with Crippen molar-refractivity contribution in [2.45, 2.75) is 12.7 Å². The normalized spacial score (nSPS) is 11.5. The van der Waals surface area contributed by atoms with E-state index in [0.29, 0.717) is 29.3 Å². The average molecular weight is 476 g/mol. The highest BCUT2D eigenvalue weighted by Gasteiger charge is 2.30. The fourth-order valence-electron chi connectivity index (χ4n) is 3.66. The van der Waals surface area contributed by atoms with E-state index in [4.69, 9.17) is 4.74 Å². The molecule has 0 fully saturated rings. The van der Waals surface area contributed by atoms with E-state index in [9.17, 15) is 13.2 Å². The van der Waals surface area contributed by atoms with E-state index in [0.717, 1.165) is 34.5 Å². The number of halogens is 3. The zero-order valence-corrected chi connectivity index (χ0v) is 18.5. The number of ether oxygens (including phenoxy) is 1. The molecule has 0 unspecified atom stereocenters. The number of methoxy groups -OCH3 is 1. The average Bonchev–Trinajstić information content (AvgIpc) is 3.26. The molecule has 2 aromatic heterocycles. The summed E-state index contributed by atoms with van der Waals surface area (Å²) in [5, 5.41) is 11.6. The van der Waals surface area contributed by atoms with Crippen LogP contribution in [0.2, 0.25) is 0 Å². The summed E-state index contributed by atoms with van der Waals surface area (Å²) in [6.07, 6.45) is -1.33. The van der Waals surface area contributed by atoms with Crippen LogP contribution in [-0.2, 0) is 12.7 Å². The highest BCUT2D eigenvalue weighted by molar-refractivity contribution is 5.84. The minimum atomic E-state index is -4.39. The molecule has 0 saturated carbocycles. The molecule has 7 nitrogen and oxygen atoms in total. The van der Waals surface area contributed by atoms with Crippen LogP contribution in [0.25, 0.3) is 22.3 Å². The molecule has 10 heteroatoms. The molecular formula is C25H19F3N6O. The molecule has 0 aliphatic heterocycles. The molecule has 0 amide bonds. The lowest BCUT2D eigenvalue weighted by molar-refractivity contribution is -0.137. The predicted molar refractivity (Wildman–Crippen MR) is 125 cm³/mol. The maximum absolute atomic E-state index is 12.9. The Morgan fingerprint density at radius 2 is 1.66 bits per heavy atom. The van der Waals surface area contributed by atoms with Crippen molar-refractivity contribution < 1.29 is 17.9 Å². The number of nitrogens with one attached hydrogen (secondary N) is 1. The quantitative estimate of drug-likeness (QED) is 0.338. The maximum atomic E-state index is 12.9. The van der Waals surface area contributed by atoms with E-state index >= 15 is 0 Å². The fraction of sp³-hybridized carbons (Fsp3) is 0.120. The van der Waals surface area contributed by atoms with Crippen LogP contribution >= 0.6 is 0 Å². The lowest BCUT2D eigenvalue weighted by Crippen LogP contribution is -2.05. The molecule has 1 N–H and O–H groups in total. The summed E-state index contributed by atoms with van der Waals surface area (Å²) in [5.74, 6) is 1.20. The largest absolute Gasteiger partial charge is 0.497 e. The second-order valence-corrected chi connectivity index (χ2v) is 7.75. The maximum Gasteiger partial charge on any atom is 0.416 e. The minimum absolute atomic E-state index is 0.414. The van der Waals surface area contributed by atoms with Gasteiger partial charge in [-0.15, -0.1) is 5.10 Å². The van der Waals surface area contributed by atoms with Crippen LogP contribution < -0.4 is 10.1 Å². The van der Waals surface area contributed by atoms with Crippen molar-refractivity contribution in [3.63, 3.8) is 0 Å². The number of rotatable bonds is 6. The van der Waals surface area contributed by atoms with Crippen LogP contribution in [0.4, 0.5) is 24.7 Å². The number of benzene rings is 3. The van der Waals surface area contributed by atoms with Gasteiger partial charge >= 0.3 is 6.18 Å².